The molecule has 0 heterocycles. The molecule has 138 valence electrons. The first-order chi connectivity index (χ1) is 14.9. The number of benzene rings is 7. The van der Waals surface area contributed by atoms with Gasteiger partial charge >= 0.3 is 0 Å². The Labute approximate surface area is 174 Å². The van der Waals surface area contributed by atoms with Crippen LogP contribution in [0.3, 0.4) is 0 Å². The van der Waals surface area contributed by atoms with Gasteiger partial charge in [0, 0.05) is 0 Å². The molecule has 0 aliphatic heterocycles. The molecular weight excluding hydrogens is 360 g/mol. The van der Waals surface area contributed by atoms with Crippen molar-refractivity contribution in [1.29, 1.82) is 0 Å². The zero-order valence-corrected chi connectivity index (χ0v) is 16.4. The predicted molar refractivity (Wildman–Crippen MR) is 131 cm³/mol. The van der Waals surface area contributed by atoms with E-state index in [2.05, 4.69) is 109 Å². The minimum Gasteiger partial charge on any atom is -0.0616 e. The molecule has 0 nitrogen and oxygen atoms in total. The monoisotopic (exact) mass is 378 g/mol. The van der Waals surface area contributed by atoms with Crippen LogP contribution in [-0.2, 0) is 0 Å². The maximum absolute atomic E-state index is 2.32. The molecule has 0 unspecified atom stereocenters. The van der Waals surface area contributed by atoms with E-state index in [4.69, 9.17) is 0 Å². The highest BCUT2D eigenvalue weighted by atomic mass is 14.2. The van der Waals surface area contributed by atoms with Gasteiger partial charge in [-0.1, -0.05) is 109 Å². The number of hydrogen-bond donors (Lipinski definition) is 0. The van der Waals surface area contributed by atoms with Crippen molar-refractivity contribution in [2.24, 2.45) is 0 Å². The molecule has 0 atom stereocenters. The van der Waals surface area contributed by atoms with E-state index in [9.17, 15) is 0 Å². The summed E-state index contributed by atoms with van der Waals surface area (Å²) in [5.74, 6) is 0. The second-order valence-electron chi connectivity index (χ2n) is 8.13. The largest absolute Gasteiger partial charge is 0.0616 e. The van der Waals surface area contributed by atoms with E-state index in [1.807, 2.05) is 0 Å². The second kappa shape index (κ2) is 5.81. The molecule has 0 amide bonds. The lowest BCUT2D eigenvalue weighted by Crippen LogP contribution is -1.90. The van der Waals surface area contributed by atoms with Gasteiger partial charge in [0.1, 0.15) is 0 Å². The normalized spacial score (nSPS) is 12.0. The van der Waals surface area contributed by atoms with Crippen LogP contribution in [0.4, 0.5) is 0 Å². The molecular formula is C30H18. The van der Waals surface area contributed by atoms with Gasteiger partial charge in [0.05, 0.1) is 0 Å². The summed E-state index contributed by atoms with van der Waals surface area (Å²) in [5.41, 5.74) is 2.62. The summed E-state index contributed by atoms with van der Waals surface area (Å²) in [6, 6.07) is 40.1. The van der Waals surface area contributed by atoms with Crippen LogP contribution in [0.1, 0.15) is 0 Å². The fraction of sp³-hybridized carbons (Fsp3) is 0. The summed E-state index contributed by atoms with van der Waals surface area (Å²) in [6.07, 6.45) is 0. The second-order valence-corrected chi connectivity index (χ2v) is 8.13. The van der Waals surface area contributed by atoms with E-state index in [0.29, 0.717) is 0 Å². The molecule has 0 heteroatoms. The summed E-state index contributed by atoms with van der Waals surface area (Å²) < 4.78 is 0. The lowest BCUT2D eigenvalue weighted by atomic mass is 9.85. The van der Waals surface area contributed by atoms with E-state index in [-0.39, 0.29) is 0 Å². The molecule has 0 bridgehead atoms. The van der Waals surface area contributed by atoms with Crippen molar-refractivity contribution in [2.75, 3.05) is 0 Å². The van der Waals surface area contributed by atoms with E-state index in [0.717, 1.165) is 0 Å². The lowest BCUT2D eigenvalue weighted by Gasteiger charge is -2.18. The van der Waals surface area contributed by atoms with Gasteiger partial charge < -0.3 is 0 Å². The Hall–Kier alpha value is -3.90. The molecule has 0 N–H and O–H groups in total. The molecule has 0 fully saturated rings. The van der Waals surface area contributed by atoms with Gasteiger partial charge in [0.2, 0.25) is 0 Å². The van der Waals surface area contributed by atoms with Crippen LogP contribution in [0.5, 0.6) is 0 Å². The Morgan fingerprint density at radius 3 is 1.67 bits per heavy atom. The first kappa shape index (κ1) is 16.0. The molecule has 0 aliphatic rings. The summed E-state index contributed by atoms with van der Waals surface area (Å²) in [5, 5.41) is 13.3. The van der Waals surface area contributed by atoms with Gasteiger partial charge in [0.15, 0.2) is 0 Å². The van der Waals surface area contributed by atoms with Crippen molar-refractivity contribution >= 4 is 53.9 Å². The van der Waals surface area contributed by atoms with Crippen molar-refractivity contribution in [3.63, 3.8) is 0 Å². The van der Waals surface area contributed by atoms with Gasteiger partial charge in [-0.05, 0) is 65.0 Å². The summed E-state index contributed by atoms with van der Waals surface area (Å²) in [4.78, 5) is 0. The standard InChI is InChI=1S/C30H18/c1-2-12-22-19(7-1)8-3-13-23(22)26-18-17-21-11-5-15-25-24-14-4-9-20-10-6-16-27(28(20)24)30(26)29(21)25/h1-18H. The Morgan fingerprint density at radius 1 is 0.267 bits per heavy atom. The van der Waals surface area contributed by atoms with Crippen molar-refractivity contribution in [3.05, 3.63) is 109 Å². The van der Waals surface area contributed by atoms with Crippen LogP contribution < -0.4 is 0 Å². The minimum absolute atomic E-state index is 1.28. The first-order valence-corrected chi connectivity index (χ1v) is 10.5. The Bertz CT molecular complexity index is 1730. The highest BCUT2D eigenvalue weighted by Gasteiger charge is 2.16. The van der Waals surface area contributed by atoms with Crippen LogP contribution in [-0.4, -0.2) is 0 Å². The molecule has 0 saturated heterocycles. The van der Waals surface area contributed by atoms with Crippen LogP contribution in [0.25, 0.3) is 65.0 Å². The van der Waals surface area contributed by atoms with Crippen molar-refractivity contribution < 1.29 is 0 Å². The Morgan fingerprint density at radius 2 is 0.833 bits per heavy atom. The van der Waals surface area contributed by atoms with E-state index in [1.54, 1.807) is 0 Å². The molecule has 7 rings (SSSR count). The fourth-order valence-corrected chi connectivity index (χ4v) is 5.34. The van der Waals surface area contributed by atoms with Gasteiger partial charge in [-0.25, -0.2) is 0 Å². The third kappa shape index (κ3) is 2.00. The predicted octanol–water partition coefficient (Wildman–Crippen LogP) is 8.56. The van der Waals surface area contributed by atoms with Crippen LogP contribution in [0, 0.1) is 0 Å². The van der Waals surface area contributed by atoms with E-state index >= 15 is 0 Å². The SMILES string of the molecule is c1ccc2c(-c3ccc4cccc5c6cccc7cccc(c3c45)c76)cccc2c1. The van der Waals surface area contributed by atoms with Gasteiger partial charge in [-0.2, -0.15) is 0 Å². The summed E-state index contributed by atoms with van der Waals surface area (Å²) in [7, 11) is 0. The first-order valence-electron chi connectivity index (χ1n) is 10.5. The number of rotatable bonds is 1. The van der Waals surface area contributed by atoms with Crippen molar-refractivity contribution in [3.8, 4) is 11.1 Å². The van der Waals surface area contributed by atoms with Gasteiger partial charge in [-0.3, -0.25) is 0 Å². The maximum Gasteiger partial charge on any atom is -0.00139 e. The quantitative estimate of drug-likeness (QED) is 0.198. The topological polar surface area (TPSA) is 0 Å². The van der Waals surface area contributed by atoms with Gasteiger partial charge in [0.25, 0.3) is 0 Å². The minimum atomic E-state index is 1.28. The lowest BCUT2D eigenvalue weighted by molar-refractivity contribution is 1.71. The molecule has 0 radical (unpaired) electrons. The van der Waals surface area contributed by atoms with Crippen molar-refractivity contribution in [2.45, 2.75) is 0 Å². The zero-order chi connectivity index (χ0) is 19.7. The molecule has 0 saturated carbocycles. The smallest absolute Gasteiger partial charge is 0.00139 e. The number of hydrogen-bond acceptors (Lipinski definition) is 0. The molecule has 0 aliphatic carbocycles. The Balaban J connectivity index is 1.80. The third-order valence-corrected chi connectivity index (χ3v) is 6.59. The summed E-state index contributed by atoms with van der Waals surface area (Å²) in [6.45, 7) is 0. The zero-order valence-electron chi connectivity index (χ0n) is 16.4. The molecule has 7 aromatic carbocycles. The van der Waals surface area contributed by atoms with Crippen LogP contribution >= 0.6 is 0 Å². The molecule has 30 heavy (non-hydrogen) atoms. The van der Waals surface area contributed by atoms with Crippen LogP contribution in [0.2, 0.25) is 0 Å². The number of fused-ring (bicyclic) bond motifs is 3. The maximum atomic E-state index is 2.32. The average molecular weight is 378 g/mol. The average Bonchev–Trinajstić information content (AvgIpc) is 2.82. The highest BCUT2D eigenvalue weighted by molar-refractivity contribution is 6.35. The highest BCUT2D eigenvalue weighted by Crippen LogP contribution is 2.45. The molecule has 7 aromatic rings. The van der Waals surface area contributed by atoms with Gasteiger partial charge in [-0.15, -0.1) is 0 Å². The Kier molecular flexibility index (Phi) is 3.09. The van der Waals surface area contributed by atoms with E-state index in [1.165, 1.54) is 65.0 Å². The fourth-order valence-electron chi connectivity index (χ4n) is 5.34. The molecule has 0 aromatic heterocycles. The van der Waals surface area contributed by atoms with Crippen molar-refractivity contribution in [1.82, 2.24) is 0 Å². The van der Waals surface area contributed by atoms with E-state index < -0.39 is 0 Å². The third-order valence-electron chi connectivity index (χ3n) is 6.59. The molecule has 0 spiro atoms. The summed E-state index contributed by atoms with van der Waals surface area (Å²) >= 11 is 0. The van der Waals surface area contributed by atoms with Crippen LogP contribution in [0.15, 0.2) is 109 Å².